The van der Waals surface area contributed by atoms with Crippen LogP contribution in [0.2, 0.25) is 0 Å². The van der Waals surface area contributed by atoms with Crippen molar-refractivity contribution in [3.8, 4) is 0 Å². The summed E-state index contributed by atoms with van der Waals surface area (Å²) in [5, 5.41) is 5.39. The van der Waals surface area contributed by atoms with Gasteiger partial charge >= 0.3 is 0 Å². The number of nitrogens with one attached hydrogen (secondary N) is 3. The highest BCUT2D eigenvalue weighted by Gasteiger charge is 2.23. The number of para-hydroxylation sites is 1. The number of carbonyl (C=O) groups excluding carboxylic acids is 3. The van der Waals surface area contributed by atoms with Gasteiger partial charge in [0.15, 0.2) is 0 Å². The van der Waals surface area contributed by atoms with E-state index in [4.69, 9.17) is 4.98 Å². The van der Waals surface area contributed by atoms with Gasteiger partial charge in [-0.15, -0.1) is 0 Å². The van der Waals surface area contributed by atoms with Crippen LogP contribution >= 0.6 is 0 Å². The third-order valence-electron chi connectivity index (χ3n) is 6.71. The van der Waals surface area contributed by atoms with Gasteiger partial charge in [0, 0.05) is 26.5 Å². The van der Waals surface area contributed by atoms with E-state index < -0.39 is 23.4 Å². The molecule has 1 atom stereocenters. The van der Waals surface area contributed by atoms with Crippen molar-refractivity contribution >= 4 is 34.4 Å². The highest BCUT2D eigenvalue weighted by Crippen LogP contribution is 2.20. The molecule has 43 heavy (non-hydrogen) atoms. The Kier molecular flexibility index (Phi) is 10.2. The van der Waals surface area contributed by atoms with Gasteiger partial charge in [-0.3, -0.25) is 24.2 Å². The molecule has 0 saturated carbocycles. The molecule has 0 radical (unpaired) electrons. The molecule has 0 aliphatic carbocycles. The zero-order valence-corrected chi connectivity index (χ0v) is 24.8. The molecule has 1 unspecified atom stereocenters. The van der Waals surface area contributed by atoms with Crippen molar-refractivity contribution in [1.82, 2.24) is 29.7 Å². The predicted octanol–water partition coefficient (Wildman–Crippen LogP) is 3.53. The Balaban J connectivity index is 1.51. The van der Waals surface area contributed by atoms with E-state index in [1.54, 1.807) is 50.6 Å². The SMILES string of the molecule is CC(C)Cc1cccc2[nH]c(Cn3cccc(NC(=O)C(CC/C=C/C(=O)N(C)C)NC(=O)c4ccccn4)c3=O)nc12. The predicted molar refractivity (Wildman–Crippen MR) is 166 cm³/mol. The number of amides is 3. The smallest absolute Gasteiger partial charge is 0.274 e. The molecule has 1 aromatic carbocycles. The second-order valence-electron chi connectivity index (χ2n) is 10.9. The van der Waals surface area contributed by atoms with Crippen LogP contribution in [0.4, 0.5) is 5.69 Å². The van der Waals surface area contributed by atoms with E-state index >= 15 is 0 Å². The number of aromatic amines is 1. The molecule has 3 aromatic heterocycles. The number of nitrogens with zero attached hydrogens (tertiary/aromatic N) is 4. The van der Waals surface area contributed by atoms with Crippen molar-refractivity contribution in [2.75, 3.05) is 19.4 Å². The van der Waals surface area contributed by atoms with Gasteiger partial charge in [0.2, 0.25) is 11.8 Å². The average Bonchev–Trinajstić information content (AvgIpc) is 3.40. The summed E-state index contributed by atoms with van der Waals surface area (Å²) in [5.41, 5.74) is 2.74. The fourth-order valence-electron chi connectivity index (χ4n) is 4.55. The molecule has 0 spiro atoms. The normalized spacial score (nSPS) is 12.0. The highest BCUT2D eigenvalue weighted by atomic mass is 16.2. The number of carbonyl (C=O) groups is 3. The molecule has 0 aliphatic heterocycles. The maximum Gasteiger partial charge on any atom is 0.274 e. The van der Waals surface area contributed by atoms with Gasteiger partial charge in [-0.25, -0.2) is 4.98 Å². The Labute approximate surface area is 250 Å². The number of hydrogen-bond donors (Lipinski definition) is 3. The first-order chi connectivity index (χ1) is 20.6. The number of imidazole rings is 1. The van der Waals surface area contributed by atoms with E-state index in [1.165, 1.54) is 27.8 Å². The first kappa shape index (κ1) is 30.9. The third-order valence-corrected chi connectivity index (χ3v) is 6.71. The Hall–Kier alpha value is -5.06. The van der Waals surface area contributed by atoms with E-state index in [0.717, 1.165) is 23.0 Å². The van der Waals surface area contributed by atoms with Crippen molar-refractivity contribution in [1.29, 1.82) is 0 Å². The molecule has 224 valence electrons. The standard InChI is InChI=1S/C32H37N7O4/c1-21(2)19-22-11-9-14-23-29(22)37-27(34-23)20-39-18-10-15-26(32(39)43)36-31(42)25(13-5-6-16-28(40)38(3)4)35-30(41)24-12-7-8-17-33-24/h6-12,14-18,21,25H,5,13,19-20H2,1-4H3,(H,34,37)(H,35,41)(H,36,42)/b16-6+. The van der Waals surface area contributed by atoms with Crippen LogP contribution in [0, 0.1) is 5.92 Å². The molecule has 4 rings (SSSR count). The minimum atomic E-state index is -0.989. The lowest BCUT2D eigenvalue weighted by Gasteiger charge is -2.18. The van der Waals surface area contributed by atoms with Crippen molar-refractivity contribution < 1.29 is 14.4 Å². The van der Waals surface area contributed by atoms with Crippen LogP contribution in [-0.2, 0) is 22.6 Å². The Morgan fingerprint density at radius 3 is 2.60 bits per heavy atom. The number of hydrogen-bond acceptors (Lipinski definition) is 6. The molecule has 4 aromatic rings. The topological polar surface area (TPSA) is 142 Å². The summed E-state index contributed by atoms with van der Waals surface area (Å²) in [6, 6.07) is 13.1. The summed E-state index contributed by atoms with van der Waals surface area (Å²) in [6.07, 6.45) is 7.60. The van der Waals surface area contributed by atoms with Crippen LogP contribution in [0.1, 0.15) is 48.6 Å². The van der Waals surface area contributed by atoms with Gasteiger partial charge in [0.05, 0.1) is 17.6 Å². The van der Waals surface area contributed by atoms with Crippen LogP contribution < -0.4 is 16.2 Å². The van der Waals surface area contributed by atoms with Crippen molar-refractivity contribution in [3.63, 3.8) is 0 Å². The van der Waals surface area contributed by atoms with E-state index in [9.17, 15) is 19.2 Å². The maximum atomic E-state index is 13.4. The van der Waals surface area contributed by atoms with Gasteiger partial charge in [-0.05, 0) is 67.2 Å². The molecule has 0 bridgehead atoms. The molecular formula is C32H37N7O4. The molecule has 3 amide bonds. The van der Waals surface area contributed by atoms with Crippen LogP contribution in [0.25, 0.3) is 11.0 Å². The van der Waals surface area contributed by atoms with Gasteiger partial charge in [0.25, 0.3) is 11.5 Å². The van der Waals surface area contributed by atoms with Crippen LogP contribution in [-0.4, -0.2) is 62.3 Å². The third kappa shape index (κ3) is 8.25. The average molecular weight is 584 g/mol. The van der Waals surface area contributed by atoms with E-state index in [2.05, 4.69) is 40.5 Å². The number of rotatable bonds is 12. The maximum absolute atomic E-state index is 13.4. The van der Waals surface area contributed by atoms with Gasteiger partial charge in [0.1, 0.15) is 23.2 Å². The zero-order valence-electron chi connectivity index (χ0n) is 24.8. The first-order valence-corrected chi connectivity index (χ1v) is 14.2. The highest BCUT2D eigenvalue weighted by molar-refractivity contribution is 6.00. The fourth-order valence-corrected chi connectivity index (χ4v) is 4.55. The summed E-state index contributed by atoms with van der Waals surface area (Å²) in [5.74, 6) is -0.182. The van der Waals surface area contributed by atoms with Gasteiger partial charge in [-0.1, -0.05) is 38.1 Å². The number of fused-ring (bicyclic) bond motifs is 1. The monoisotopic (exact) mass is 583 g/mol. The zero-order chi connectivity index (χ0) is 30.9. The number of anilines is 1. The van der Waals surface area contributed by atoms with Gasteiger partial charge < -0.3 is 25.1 Å². The van der Waals surface area contributed by atoms with Gasteiger partial charge in [-0.2, -0.15) is 0 Å². The minimum absolute atomic E-state index is 0.0690. The quantitative estimate of drug-likeness (QED) is 0.218. The minimum Gasteiger partial charge on any atom is -0.345 e. The number of likely N-dealkylation sites (N-methyl/N-ethyl adjacent to an activating group) is 1. The molecule has 0 fully saturated rings. The molecule has 3 heterocycles. The molecular weight excluding hydrogens is 546 g/mol. The summed E-state index contributed by atoms with van der Waals surface area (Å²) in [6.45, 7) is 4.50. The summed E-state index contributed by atoms with van der Waals surface area (Å²) in [4.78, 5) is 64.9. The molecule has 0 aliphatic rings. The second kappa shape index (κ2) is 14.2. The number of aromatic nitrogens is 4. The lowest BCUT2D eigenvalue weighted by atomic mass is 10.0. The molecule has 11 nitrogen and oxygen atoms in total. The summed E-state index contributed by atoms with van der Waals surface area (Å²) >= 11 is 0. The number of H-pyrrole nitrogens is 1. The Morgan fingerprint density at radius 1 is 1.07 bits per heavy atom. The van der Waals surface area contributed by atoms with Crippen molar-refractivity contribution in [2.45, 2.75) is 45.7 Å². The van der Waals surface area contributed by atoms with E-state index in [-0.39, 0.29) is 30.3 Å². The Bertz CT molecular complexity index is 1670. The van der Waals surface area contributed by atoms with Crippen molar-refractivity contribution in [3.05, 3.63) is 101 Å². The second-order valence-corrected chi connectivity index (χ2v) is 10.9. The molecule has 3 N–H and O–H groups in total. The lowest BCUT2D eigenvalue weighted by Crippen LogP contribution is -2.44. The largest absolute Gasteiger partial charge is 0.345 e. The van der Waals surface area contributed by atoms with Crippen LogP contribution in [0.5, 0.6) is 0 Å². The van der Waals surface area contributed by atoms with Crippen LogP contribution in [0.3, 0.4) is 0 Å². The van der Waals surface area contributed by atoms with E-state index in [1.807, 2.05) is 12.1 Å². The van der Waals surface area contributed by atoms with Crippen LogP contribution in [0.15, 0.2) is 77.9 Å². The lowest BCUT2D eigenvalue weighted by molar-refractivity contribution is -0.123. The number of allylic oxidation sites excluding steroid dienone is 1. The summed E-state index contributed by atoms with van der Waals surface area (Å²) < 4.78 is 1.46. The van der Waals surface area contributed by atoms with Crippen molar-refractivity contribution in [2.24, 2.45) is 5.92 Å². The Morgan fingerprint density at radius 2 is 1.88 bits per heavy atom. The number of pyridine rings is 2. The summed E-state index contributed by atoms with van der Waals surface area (Å²) in [7, 11) is 3.28. The fraction of sp³-hybridized carbons (Fsp3) is 0.312. The molecule has 0 saturated heterocycles. The van der Waals surface area contributed by atoms with E-state index in [0.29, 0.717) is 18.2 Å². The number of benzene rings is 1. The first-order valence-electron chi connectivity index (χ1n) is 14.2. The molecule has 11 heteroatoms.